The van der Waals surface area contributed by atoms with Gasteiger partial charge in [0, 0.05) is 25.8 Å². The zero-order valence-corrected chi connectivity index (χ0v) is 21.1. The molecule has 2 N–H and O–H groups in total. The highest BCUT2D eigenvalue weighted by atomic mass is 127. The Morgan fingerprint density at radius 2 is 2.00 bits per heavy atom. The molecular formula is C22H34IN5O3. The van der Waals surface area contributed by atoms with E-state index < -0.39 is 0 Å². The maximum Gasteiger partial charge on any atom is 0.246 e. The summed E-state index contributed by atoms with van der Waals surface area (Å²) in [5.41, 5.74) is 2.31. The van der Waals surface area contributed by atoms with E-state index in [1.807, 2.05) is 13.8 Å². The summed E-state index contributed by atoms with van der Waals surface area (Å²) in [5.74, 6) is 2.64. The van der Waals surface area contributed by atoms with Crippen LogP contribution in [0.2, 0.25) is 0 Å². The third-order valence-electron chi connectivity index (χ3n) is 5.16. The number of rotatable bonds is 9. The minimum Gasteiger partial charge on any atom is -0.490 e. The molecule has 1 fully saturated rings. The number of hydrogen-bond acceptors (Lipinski definition) is 6. The fourth-order valence-corrected chi connectivity index (χ4v) is 3.49. The van der Waals surface area contributed by atoms with Crippen molar-refractivity contribution < 1.29 is 14.0 Å². The third kappa shape index (κ3) is 7.64. The van der Waals surface area contributed by atoms with Crippen molar-refractivity contribution in [2.45, 2.75) is 71.8 Å². The predicted molar refractivity (Wildman–Crippen MR) is 131 cm³/mol. The summed E-state index contributed by atoms with van der Waals surface area (Å²) >= 11 is 0. The van der Waals surface area contributed by atoms with Gasteiger partial charge in [-0.15, -0.1) is 24.0 Å². The van der Waals surface area contributed by atoms with Crippen LogP contribution in [0.15, 0.2) is 27.7 Å². The molecule has 1 heterocycles. The molecule has 0 saturated heterocycles. The summed E-state index contributed by atoms with van der Waals surface area (Å²) in [4.78, 5) is 8.65. The minimum atomic E-state index is -0.190. The Morgan fingerprint density at radius 1 is 1.26 bits per heavy atom. The smallest absolute Gasteiger partial charge is 0.246 e. The Labute approximate surface area is 201 Å². The van der Waals surface area contributed by atoms with Crippen molar-refractivity contribution in [3.05, 3.63) is 41.0 Å². The van der Waals surface area contributed by atoms with E-state index in [4.69, 9.17) is 14.0 Å². The first kappa shape index (κ1) is 25.4. The fraction of sp³-hybridized carbons (Fsp3) is 0.591. The van der Waals surface area contributed by atoms with Crippen LogP contribution < -0.4 is 15.4 Å². The van der Waals surface area contributed by atoms with Gasteiger partial charge in [0.1, 0.15) is 11.9 Å². The number of aromatic nitrogens is 2. The van der Waals surface area contributed by atoms with E-state index in [0.29, 0.717) is 43.5 Å². The van der Waals surface area contributed by atoms with E-state index >= 15 is 0 Å². The number of hydrogen-bond donors (Lipinski definition) is 2. The number of halogens is 1. The molecule has 1 atom stereocenters. The monoisotopic (exact) mass is 543 g/mol. The van der Waals surface area contributed by atoms with Crippen LogP contribution in [0.1, 0.15) is 68.5 Å². The van der Waals surface area contributed by atoms with Gasteiger partial charge in [-0.3, -0.25) is 4.99 Å². The van der Waals surface area contributed by atoms with Crippen LogP contribution in [0.25, 0.3) is 0 Å². The Hall–Kier alpha value is -1.88. The molecule has 0 spiro atoms. The Kier molecular flexibility index (Phi) is 10.5. The van der Waals surface area contributed by atoms with E-state index in [-0.39, 0.29) is 30.1 Å². The molecule has 3 rings (SSSR count). The Morgan fingerprint density at radius 3 is 2.71 bits per heavy atom. The molecule has 31 heavy (non-hydrogen) atoms. The third-order valence-corrected chi connectivity index (χ3v) is 5.16. The van der Waals surface area contributed by atoms with E-state index in [2.05, 4.69) is 50.9 Å². The van der Waals surface area contributed by atoms with E-state index in [1.54, 1.807) is 7.05 Å². The SMILES string of the molecule is CCOC(C)c1noc(CNC(=NC)NCc2ccc(C)cc2OC2CCCC2)n1.I. The molecule has 9 heteroatoms. The van der Waals surface area contributed by atoms with Crippen LogP contribution in [0, 0.1) is 6.92 Å². The molecule has 0 bridgehead atoms. The van der Waals surface area contributed by atoms with Gasteiger partial charge >= 0.3 is 0 Å². The number of guanidine groups is 1. The molecule has 0 aliphatic heterocycles. The second-order valence-corrected chi connectivity index (χ2v) is 7.56. The van der Waals surface area contributed by atoms with Gasteiger partial charge in [0.05, 0.1) is 12.6 Å². The second-order valence-electron chi connectivity index (χ2n) is 7.56. The first-order valence-corrected chi connectivity index (χ1v) is 10.7. The molecule has 2 aromatic rings. The number of benzene rings is 1. The summed E-state index contributed by atoms with van der Waals surface area (Å²) in [5, 5.41) is 10.5. The molecule has 1 unspecified atom stereocenters. The topological polar surface area (TPSA) is 93.8 Å². The van der Waals surface area contributed by atoms with Gasteiger partial charge in [-0.05, 0) is 58.1 Å². The van der Waals surface area contributed by atoms with Crippen molar-refractivity contribution in [2.75, 3.05) is 13.7 Å². The van der Waals surface area contributed by atoms with Crippen LogP contribution in [0.4, 0.5) is 0 Å². The standard InChI is InChI=1S/C22H33N5O3.HI/c1-5-28-16(3)21-26-20(30-27-21)14-25-22(23-4)24-13-17-11-10-15(2)12-19(17)29-18-8-6-7-9-18;/h10-12,16,18H,5-9,13-14H2,1-4H3,(H2,23,24,25);1H. The lowest BCUT2D eigenvalue weighted by Crippen LogP contribution is -2.36. The first-order valence-electron chi connectivity index (χ1n) is 10.7. The van der Waals surface area contributed by atoms with E-state index in [0.717, 1.165) is 24.2 Å². The largest absolute Gasteiger partial charge is 0.490 e. The van der Waals surface area contributed by atoms with Gasteiger partial charge in [0.2, 0.25) is 5.89 Å². The van der Waals surface area contributed by atoms with Gasteiger partial charge in [-0.2, -0.15) is 4.98 Å². The van der Waals surface area contributed by atoms with Gasteiger partial charge in [-0.1, -0.05) is 17.3 Å². The highest BCUT2D eigenvalue weighted by Gasteiger charge is 2.18. The molecule has 1 saturated carbocycles. The van der Waals surface area contributed by atoms with E-state index in [9.17, 15) is 0 Å². The zero-order chi connectivity index (χ0) is 21.3. The minimum absolute atomic E-state index is 0. The van der Waals surface area contributed by atoms with Crippen molar-refractivity contribution in [1.82, 2.24) is 20.8 Å². The maximum atomic E-state index is 6.28. The van der Waals surface area contributed by atoms with Crippen LogP contribution in [-0.4, -0.2) is 35.9 Å². The normalized spacial score (nSPS) is 15.4. The summed E-state index contributed by atoms with van der Waals surface area (Å²) in [6.45, 7) is 7.52. The number of nitrogens with one attached hydrogen (secondary N) is 2. The Bertz CT molecular complexity index is 836. The van der Waals surface area contributed by atoms with E-state index in [1.165, 1.54) is 18.4 Å². The highest BCUT2D eigenvalue weighted by molar-refractivity contribution is 14.0. The molecular weight excluding hydrogens is 509 g/mol. The molecule has 8 nitrogen and oxygen atoms in total. The van der Waals surface area contributed by atoms with Crippen molar-refractivity contribution >= 4 is 29.9 Å². The average Bonchev–Trinajstić information content (AvgIpc) is 3.42. The number of nitrogens with zero attached hydrogens (tertiary/aromatic N) is 3. The molecule has 1 aliphatic carbocycles. The molecule has 172 valence electrons. The molecule has 1 aliphatic rings. The Balaban J connectivity index is 0.00000341. The fourth-order valence-electron chi connectivity index (χ4n) is 3.49. The van der Waals surface area contributed by atoms with Crippen LogP contribution in [0.5, 0.6) is 5.75 Å². The lowest BCUT2D eigenvalue weighted by atomic mass is 10.1. The van der Waals surface area contributed by atoms with Crippen LogP contribution >= 0.6 is 24.0 Å². The van der Waals surface area contributed by atoms with Gasteiger partial charge in [0.25, 0.3) is 0 Å². The molecule has 0 amide bonds. The van der Waals surface area contributed by atoms with Crippen LogP contribution in [-0.2, 0) is 17.8 Å². The molecule has 1 aromatic heterocycles. The van der Waals surface area contributed by atoms with Gasteiger partial charge < -0.3 is 24.6 Å². The summed E-state index contributed by atoms with van der Waals surface area (Å²) in [6, 6.07) is 6.33. The quantitative estimate of drug-likeness (QED) is 0.277. The van der Waals surface area contributed by atoms with Crippen LogP contribution in [0.3, 0.4) is 0 Å². The second kappa shape index (κ2) is 12.8. The maximum absolute atomic E-state index is 6.28. The van der Waals surface area contributed by atoms with Gasteiger partial charge in [-0.25, -0.2) is 0 Å². The number of ether oxygens (including phenoxy) is 2. The lowest BCUT2D eigenvalue weighted by Gasteiger charge is -2.18. The van der Waals surface area contributed by atoms with Crippen molar-refractivity contribution in [2.24, 2.45) is 4.99 Å². The number of aliphatic imine (C=N–C) groups is 1. The molecule has 1 aromatic carbocycles. The predicted octanol–water partition coefficient (Wildman–Crippen LogP) is 4.28. The van der Waals surface area contributed by atoms with Crippen molar-refractivity contribution in [1.29, 1.82) is 0 Å². The lowest BCUT2D eigenvalue weighted by molar-refractivity contribution is 0.0683. The van der Waals surface area contributed by atoms with Crippen molar-refractivity contribution in [3.63, 3.8) is 0 Å². The average molecular weight is 543 g/mol. The zero-order valence-electron chi connectivity index (χ0n) is 18.8. The van der Waals surface area contributed by atoms with Crippen molar-refractivity contribution in [3.8, 4) is 5.75 Å². The first-order chi connectivity index (χ1) is 14.6. The summed E-state index contributed by atoms with van der Waals surface area (Å²) < 4.78 is 17.1. The molecule has 0 radical (unpaired) electrons. The van der Waals surface area contributed by atoms with Gasteiger partial charge in [0.15, 0.2) is 11.8 Å². The number of aryl methyl sites for hydroxylation is 1. The summed E-state index contributed by atoms with van der Waals surface area (Å²) in [7, 11) is 1.73. The highest BCUT2D eigenvalue weighted by Crippen LogP contribution is 2.27. The summed E-state index contributed by atoms with van der Waals surface area (Å²) in [6.07, 6.45) is 4.91.